The van der Waals surface area contributed by atoms with E-state index in [0.717, 1.165) is 5.56 Å². The van der Waals surface area contributed by atoms with E-state index in [0.29, 0.717) is 12.2 Å². The number of esters is 2. The first kappa shape index (κ1) is 33.9. The van der Waals surface area contributed by atoms with Crippen LogP contribution in [-0.2, 0) is 35.1 Å². The Morgan fingerprint density at radius 1 is 0.897 bits per heavy atom. The van der Waals surface area contributed by atoms with E-state index in [9.17, 15) is 19.2 Å². The minimum Gasteiger partial charge on any atom is -0.488 e. The largest absolute Gasteiger partial charge is 0.488 e. The molecule has 0 aliphatic carbocycles. The number of carbonyl (C=O) groups excluding carboxylic acids is 4. The summed E-state index contributed by atoms with van der Waals surface area (Å²) in [7, 11) is 1.25. The third-order valence-electron chi connectivity index (χ3n) is 5.49. The number of carbonyl (C=O) groups is 4. The van der Waals surface area contributed by atoms with Gasteiger partial charge in [0, 0.05) is 12.8 Å². The molecule has 220 valence electrons. The molecule has 3 atom stereocenters. The van der Waals surface area contributed by atoms with Crippen molar-refractivity contribution >= 4 is 23.8 Å². The summed E-state index contributed by atoms with van der Waals surface area (Å²) < 4.78 is 16.0. The lowest BCUT2D eigenvalue weighted by Gasteiger charge is -2.26. The van der Waals surface area contributed by atoms with Gasteiger partial charge in [-0.05, 0) is 78.0 Å². The first-order chi connectivity index (χ1) is 17.9. The zero-order valence-electron chi connectivity index (χ0n) is 24.9. The van der Waals surface area contributed by atoms with Gasteiger partial charge in [-0.1, -0.05) is 26.0 Å². The summed E-state index contributed by atoms with van der Waals surface area (Å²) in [6.07, 6.45) is 0.941. The number of hydrogen-bond donors (Lipinski definition) is 3. The highest BCUT2D eigenvalue weighted by Crippen LogP contribution is 2.19. The van der Waals surface area contributed by atoms with E-state index < -0.39 is 41.5 Å². The molecule has 0 aromatic heterocycles. The first-order valence-electron chi connectivity index (χ1n) is 13.4. The minimum absolute atomic E-state index is 0.135. The number of methoxy groups -OCH3 is 1. The van der Waals surface area contributed by atoms with Gasteiger partial charge < -0.3 is 30.6 Å². The predicted molar refractivity (Wildman–Crippen MR) is 149 cm³/mol. The third kappa shape index (κ3) is 13.5. The van der Waals surface area contributed by atoms with Crippen LogP contribution in [0.2, 0.25) is 0 Å². The molecule has 0 saturated heterocycles. The second-order valence-electron chi connectivity index (χ2n) is 12.0. The second kappa shape index (κ2) is 14.9. The highest BCUT2D eigenvalue weighted by Gasteiger charge is 2.30. The fraction of sp³-hybridized carbons (Fsp3) is 0.655. The van der Waals surface area contributed by atoms with Crippen LogP contribution in [0.4, 0.5) is 0 Å². The van der Waals surface area contributed by atoms with Crippen molar-refractivity contribution in [2.24, 2.45) is 11.7 Å². The summed E-state index contributed by atoms with van der Waals surface area (Å²) in [4.78, 5) is 50.3. The van der Waals surface area contributed by atoms with Crippen molar-refractivity contribution in [2.75, 3.05) is 7.11 Å². The van der Waals surface area contributed by atoms with E-state index in [1.54, 1.807) is 46.8 Å². The zero-order chi connectivity index (χ0) is 30.0. The predicted octanol–water partition coefficient (Wildman–Crippen LogP) is 3.04. The van der Waals surface area contributed by atoms with E-state index in [-0.39, 0.29) is 36.8 Å². The number of ether oxygens (including phenoxy) is 3. The molecule has 0 aliphatic rings. The fourth-order valence-electron chi connectivity index (χ4n) is 3.67. The van der Waals surface area contributed by atoms with Crippen LogP contribution in [0.5, 0.6) is 5.75 Å². The monoisotopic (exact) mass is 549 g/mol. The van der Waals surface area contributed by atoms with Crippen molar-refractivity contribution in [3.8, 4) is 5.75 Å². The summed E-state index contributed by atoms with van der Waals surface area (Å²) >= 11 is 0. The number of benzene rings is 1. The van der Waals surface area contributed by atoms with Crippen LogP contribution < -0.4 is 21.1 Å². The summed E-state index contributed by atoms with van der Waals surface area (Å²) in [5, 5.41) is 5.40. The molecule has 4 N–H and O–H groups in total. The number of rotatable bonds is 13. The van der Waals surface area contributed by atoms with Gasteiger partial charge in [-0.25, -0.2) is 4.79 Å². The fourth-order valence-corrected chi connectivity index (χ4v) is 3.67. The van der Waals surface area contributed by atoms with E-state index in [4.69, 9.17) is 19.9 Å². The quantitative estimate of drug-likeness (QED) is 0.318. The van der Waals surface area contributed by atoms with Crippen molar-refractivity contribution < 1.29 is 33.4 Å². The molecule has 0 saturated carbocycles. The van der Waals surface area contributed by atoms with Gasteiger partial charge in [-0.15, -0.1) is 0 Å². The Kier molecular flexibility index (Phi) is 12.9. The normalized spacial score (nSPS) is 14.1. The molecule has 39 heavy (non-hydrogen) atoms. The van der Waals surface area contributed by atoms with Crippen molar-refractivity contribution in [1.29, 1.82) is 0 Å². The molecular formula is C29H47N3O7. The summed E-state index contributed by atoms with van der Waals surface area (Å²) in [5.41, 5.74) is 5.89. The lowest BCUT2D eigenvalue weighted by Crippen LogP contribution is -2.56. The van der Waals surface area contributed by atoms with Crippen LogP contribution >= 0.6 is 0 Å². The van der Waals surface area contributed by atoms with Gasteiger partial charge in [-0.3, -0.25) is 14.4 Å². The van der Waals surface area contributed by atoms with E-state index in [1.807, 2.05) is 32.9 Å². The van der Waals surface area contributed by atoms with E-state index >= 15 is 0 Å². The van der Waals surface area contributed by atoms with Gasteiger partial charge >= 0.3 is 11.9 Å². The molecule has 0 bridgehead atoms. The first-order valence-corrected chi connectivity index (χ1v) is 13.4. The molecule has 2 amide bonds. The van der Waals surface area contributed by atoms with E-state index in [2.05, 4.69) is 10.6 Å². The molecule has 1 rings (SSSR count). The van der Waals surface area contributed by atoms with Gasteiger partial charge in [-0.2, -0.15) is 0 Å². The minimum atomic E-state index is -0.961. The number of hydrogen-bond acceptors (Lipinski definition) is 8. The maximum Gasteiger partial charge on any atom is 0.328 e. The van der Waals surface area contributed by atoms with Gasteiger partial charge in [0.1, 0.15) is 29.0 Å². The van der Waals surface area contributed by atoms with Gasteiger partial charge in [0.15, 0.2) is 0 Å². The van der Waals surface area contributed by atoms with Crippen LogP contribution in [-0.4, -0.2) is 60.2 Å². The number of nitrogens with one attached hydrogen (secondary N) is 2. The van der Waals surface area contributed by atoms with Crippen LogP contribution in [0, 0.1) is 5.92 Å². The molecule has 0 aliphatic heterocycles. The Bertz CT molecular complexity index is 963. The topological polar surface area (TPSA) is 146 Å². The molecule has 0 spiro atoms. The number of amides is 2. The molecule has 10 heteroatoms. The van der Waals surface area contributed by atoms with Crippen molar-refractivity contribution in [3.63, 3.8) is 0 Å². The lowest BCUT2D eigenvalue weighted by molar-refractivity contribution is -0.155. The van der Waals surface area contributed by atoms with Crippen LogP contribution in [0.25, 0.3) is 0 Å². The van der Waals surface area contributed by atoms with Gasteiger partial charge in [0.2, 0.25) is 11.8 Å². The zero-order valence-corrected chi connectivity index (χ0v) is 24.9. The Balaban J connectivity index is 2.80. The van der Waals surface area contributed by atoms with Gasteiger partial charge in [0.05, 0.1) is 13.2 Å². The molecule has 0 fully saturated rings. The highest BCUT2D eigenvalue weighted by molar-refractivity contribution is 5.92. The lowest BCUT2D eigenvalue weighted by atomic mass is 10.0. The highest BCUT2D eigenvalue weighted by atomic mass is 16.6. The maximum atomic E-state index is 13.2. The van der Waals surface area contributed by atoms with Crippen molar-refractivity contribution in [2.45, 2.75) is 110 Å². The van der Waals surface area contributed by atoms with Crippen molar-refractivity contribution in [3.05, 3.63) is 29.8 Å². The Labute approximate surface area is 232 Å². The number of nitrogens with two attached hydrogens (primary N) is 1. The summed E-state index contributed by atoms with van der Waals surface area (Å²) in [6.45, 7) is 14.7. The second-order valence-corrected chi connectivity index (χ2v) is 12.0. The van der Waals surface area contributed by atoms with E-state index in [1.165, 1.54) is 7.11 Å². The Morgan fingerprint density at radius 3 is 1.97 bits per heavy atom. The average molecular weight is 550 g/mol. The van der Waals surface area contributed by atoms with Gasteiger partial charge in [0.25, 0.3) is 0 Å². The summed E-state index contributed by atoms with van der Waals surface area (Å²) in [5.74, 6) is -1.60. The molecule has 0 radical (unpaired) electrons. The van der Waals surface area contributed by atoms with Crippen LogP contribution in [0.15, 0.2) is 24.3 Å². The molecule has 0 unspecified atom stereocenters. The van der Waals surface area contributed by atoms with Crippen LogP contribution in [0.3, 0.4) is 0 Å². The molecule has 0 heterocycles. The Morgan fingerprint density at radius 2 is 1.49 bits per heavy atom. The smallest absolute Gasteiger partial charge is 0.328 e. The molecule has 10 nitrogen and oxygen atoms in total. The maximum absolute atomic E-state index is 13.2. The van der Waals surface area contributed by atoms with Crippen molar-refractivity contribution in [1.82, 2.24) is 10.6 Å². The standard InChI is InChI=1S/C29H47N3O7/c1-18(2)24(32-25(34)21(30)11-10-12-23(33)39-29(6,7)8)26(35)31-22(27(36)37-9)17-19-13-15-20(16-14-19)38-28(3,4)5/h13-16,18,21-22,24H,10-12,17,30H2,1-9H3,(H,31,35)(H,32,34)/t21-,22+,24+/m1/s1. The summed E-state index contributed by atoms with van der Waals surface area (Å²) in [6, 6.07) is 4.45. The SMILES string of the molecule is COC(=O)[C@H](Cc1ccc(OC(C)(C)C)cc1)NC(=O)[C@@H](NC(=O)[C@H](N)CCCC(=O)OC(C)(C)C)C(C)C. The molecule has 1 aromatic rings. The Hall–Kier alpha value is -3.14. The van der Waals surface area contributed by atoms with Crippen LogP contribution in [0.1, 0.15) is 80.2 Å². The molecular weight excluding hydrogens is 502 g/mol. The average Bonchev–Trinajstić information content (AvgIpc) is 2.80. The third-order valence-corrected chi connectivity index (χ3v) is 5.49. The molecule has 1 aromatic carbocycles.